The third-order valence-corrected chi connectivity index (χ3v) is 5.35. The molecule has 1 N–H and O–H groups in total. The van der Waals surface area contributed by atoms with Gasteiger partial charge in [-0.15, -0.1) is 0 Å². The van der Waals surface area contributed by atoms with Gasteiger partial charge in [-0.25, -0.2) is 9.59 Å². The van der Waals surface area contributed by atoms with Gasteiger partial charge in [-0.3, -0.25) is 9.97 Å². The number of urea groups is 1. The number of nitrogens with one attached hydrogen (secondary N) is 1. The molecule has 1 aliphatic heterocycles. The smallest absolute Gasteiger partial charge is 0.337 e. The number of anilines is 1. The number of likely N-dealkylation sites (tertiary alicyclic amines) is 1. The molecule has 2 amide bonds. The maximum Gasteiger partial charge on any atom is 0.337 e. The summed E-state index contributed by atoms with van der Waals surface area (Å²) in [6.45, 7) is 1.34. The fourth-order valence-corrected chi connectivity index (χ4v) is 3.55. The van der Waals surface area contributed by atoms with Gasteiger partial charge >= 0.3 is 12.0 Å². The Bertz CT molecular complexity index is 1100. The number of pyridine rings is 2. The van der Waals surface area contributed by atoms with E-state index in [1.165, 1.54) is 12.7 Å². The first-order valence-electron chi connectivity index (χ1n) is 10.4. The Labute approximate surface area is 186 Å². The number of rotatable bonds is 4. The van der Waals surface area contributed by atoms with Gasteiger partial charge in [-0.2, -0.15) is 0 Å². The molecule has 1 fully saturated rings. The topological polar surface area (TPSA) is 84.4 Å². The van der Waals surface area contributed by atoms with Gasteiger partial charge in [0.1, 0.15) is 0 Å². The third-order valence-electron chi connectivity index (χ3n) is 5.35. The first-order chi connectivity index (χ1) is 15.6. The van der Waals surface area contributed by atoms with Crippen LogP contribution >= 0.6 is 0 Å². The Kier molecular flexibility index (Phi) is 6.55. The highest BCUT2D eigenvalue weighted by atomic mass is 16.5. The monoisotopic (exact) mass is 428 g/mol. The average Bonchev–Trinajstić information content (AvgIpc) is 2.85. The molecule has 0 radical (unpaired) electrons. The summed E-state index contributed by atoms with van der Waals surface area (Å²) in [5.74, 6) is -0.375. The number of nitrogens with zero attached hydrogens (tertiary/aromatic N) is 3. The molecule has 3 heterocycles. The van der Waals surface area contributed by atoms with Gasteiger partial charge in [-0.1, -0.05) is 23.8 Å². The molecule has 1 aromatic carbocycles. The summed E-state index contributed by atoms with van der Waals surface area (Å²) in [7, 11) is 1.35. The van der Waals surface area contributed by atoms with Gasteiger partial charge < -0.3 is 15.0 Å². The van der Waals surface area contributed by atoms with Crippen molar-refractivity contribution in [1.29, 1.82) is 0 Å². The van der Waals surface area contributed by atoms with Crippen molar-refractivity contribution in [2.24, 2.45) is 0 Å². The number of aromatic nitrogens is 2. The average molecular weight is 428 g/mol. The minimum Gasteiger partial charge on any atom is -0.465 e. The summed E-state index contributed by atoms with van der Waals surface area (Å²) in [5.41, 5.74) is 5.00. The molecule has 0 saturated carbocycles. The molecule has 32 heavy (non-hydrogen) atoms. The fourth-order valence-electron chi connectivity index (χ4n) is 3.55. The molecule has 0 bridgehead atoms. The van der Waals surface area contributed by atoms with Gasteiger partial charge in [0.05, 0.1) is 35.9 Å². The zero-order valence-corrected chi connectivity index (χ0v) is 17.8. The number of hydrogen-bond acceptors (Lipinski definition) is 5. The standard InChI is InChI=1S/C25H24N4O3/c1-32-24(30)20-7-5-19(6-8-20)23-10-9-22(17-27-23)28-25(31)29-14-11-18(12-15-29)16-21-4-2-3-13-26-21/h2-10,13,16-17H,11-12,14-15H2,1H3,(H,28,31). The molecule has 4 rings (SSSR count). The summed E-state index contributed by atoms with van der Waals surface area (Å²) < 4.78 is 4.71. The fraction of sp³-hybridized carbons (Fsp3) is 0.200. The van der Waals surface area contributed by atoms with Crippen LogP contribution in [0.15, 0.2) is 72.6 Å². The Balaban J connectivity index is 1.32. The minimum absolute atomic E-state index is 0.126. The normalized spacial score (nSPS) is 13.4. The van der Waals surface area contributed by atoms with E-state index in [9.17, 15) is 9.59 Å². The van der Waals surface area contributed by atoms with Gasteiger partial charge in [0.25, 0.3) is 0 Å². The minimum atomic E-state index is -0.375. The van der Waals surface area contributed by atoms with Crippen molar-refractivity contribution in [3.63, 3.8) is 0 Å². The number of carbonyl (C=O) groups is 2. The zero-order valence-electron chi connectivity index (χ0n) is 17.8. The predicted molar refractivity (Wildman–Crippen MR) is 123 cm³/mol. The molecule has 0 aliphatic carbocycles. The quantitative estimate of drug-likeness (QED) is 0.612. The van der Waals surface area contributed by atoms with Crippen LogP contribution in [0.1, 0.15) is 28.9 Å². The van der Waals surface area contributed by atoms with Crippen LogP contribution in [0, 0.1) is 0 Å². The van der Waals surface area contributed by atoms with E-state index >= 15 is 0 Å². The first kappa shape index (κ1) is 21.2. The zero-order chi connectivity index (χ0) is 22.3. The Morgan fingerprint density at radius 3 is 2.41 bits per heavy atom. The van der Waals surface area contributed by atoms with Crippen LogP contribution in [0.5, 0.6) is 0 Å². The van der Waals surface area contributed by atoms with Crippen LogP contribution in [0.2, 0.25) is 0 Å². The van der Waals surface area contributed by atoms with Crippen LogP contribution in [0.3, 0.4) is 0 Å². The molecule has 0 unspecified atom stereocenters. The molecule has 7 nitrogen and oxygen atoms in total. The van der Waals surface area contributed by atoms with Crippen LogP contribution in [-0.2, 0) is 4.74 Å². The molecule has 2 aromatic heterocycles. The van der Waals surface area contributed by atoms with Crippen molar-refractivity contribution in [2.75, 3.05) is 25.5 Å². The van der Waals surface area contributed by atoms with Crippen LogP contribution in [0.4, 0.5) is 10.5 Å². The van der Waals surface area contributed by atoms with E-state index in [0.717, 1.165) is 29.8 Å². The van der Waals surface area contributed by atoms with E-state index in [1.807, 2.05) is 47.4 Å². The molecule has 0 spiro atoms. The van der Waals surface area contributed by atoms with Gasteiger partial charge in [0, 0.05) is 24.8 Å². The third kappa shape index (κ3) is 5.18. The maximum atomic E-state index is 12.6. The number of methoxy groups -OCH3 is 1. The lowest BCUT2D eigenvalue weighted by Gasteiger charge is -2.28. The highest BCUT2D eigenvalue weighted by Gasteiger charge is 2.19. The van der Waals surface area contributed by atoms with Crippen molar-refractivity contribution < 1.29 is 14.3 Å². The number of esters is 1. The summed E-state index contributed by atoms with van der Waals surface area (Å²) in [6.07, 6.45) is 7.20. The number of amides is 2. The summed E-state index contributed by atoms with van der Waals surface area (Å²) >= 11 is 0. The van der Waals surface area contributed by atoms with Gasteiger partial charge in [0.15, 0.2) is 0 Å². The number of hydrogen-bond donors (Lipinski definition) is 1. The summed E-state index contributed by atoms with van der Waals surface area (Å²) in [6, 6.07) is 16.4. The Hall–Kier alpha value is -4.00. The van der Waals surface area contributed by atoms with Crippen LogP contribution in [0.25, 0.3) is 17.3 Å². The molecular formula is C25H24N4O3. The number of benzene rings is 1. The van der Waals surface area contributed by atoms with Crippen molar-refractivity contribution in [1.82, 2.24) is 14.9 Å². The van der Waals surface area contributed by atoms with Crippen molar-refractivity contribution in [3.05, 3.63) is 83.8 Å². The summed E-state index contributed by atoms with van der Waals surface area (Å²) in [5, 5.41) is 2.92. The van der Waals surface area contributed by atoms with E-state index in [-0.39, 0.29) is 12.0 Å². The van der Waals surface area contributed by atoms with E-state index < -0.39 is 0 Å². The highest BCUT2D eigenvalue weighted by Crippen LogP contribution is 2.22. The van der Waals surface area contributed by atoms with E-state index in [0.29, 0.717) is 24.3 Å². The van der Waals surface area contributed by atoms with Crippen molar-refractivity contribution in [3.8, 4) is 11.3 Å². The van der Waals surface area contributed by atoms with E-state index in [2.05, 4.69) is 21.4 Å². The lowest BCUT2D eigenvalue weighted by molar-refractivity contribution is 0.0600. The Morgan fingerprint density at radius 1 is 1.00 bits per heavy atom. The Morgan fingerprint density at radius 2 is 1.78 bits per heavy atom. The molecule has 162 valence electrons. The first-order valence-corrected chi connectivity index (χ1v) is 10.4. The van der Waals surface area contributed by atoms with E-state index in [4.69, 9.17) is 4.74 Å². The second kappa shape index (κ2) is 9.87. The van der Waals surface area contributed by atoms with Crippen LogP contribution < -0.4 is 5.32 Å². The second-order valence-electron chi connectivity index (χ2n) is 7.48. The maximum absolute atomic E-state index is 12.6. The largest absolute Gasteiger partial charge is 0.465 e. The van der Waals surface area contributed by atoms with Crippen LogP contribution in [-0.4, -0.2) is 47.1 Å². The van der Waals surface area contributed by atoms with Crippen molar-refractivity contribution in [2.45, 2.75) is 12.8 Å². The number of carbonyl (C=O) groups excluding carboxylic acids is 2. The lowest BCUT2D eigenvalue weighted by atomic mass is 10.0. The molecule has 0 atom stereocenters. The van der Waals surface area contributed by atoms with Gasteiger partial charge in [0.2, 0.25) is 0 Å². The number of ether oxygens (including phenoxy) is 1. The van der Waals surface area contributed by atoms with Crippen molar-refractivity contribution >= 4 is 23.8 Å². The summed E-state index contributed by atoms with van der Waals surface area (Å²) in [4.78, 5) is 34.8. The molecule has 1 saturated heterocycles. The SMILES string of the molecule is COC(=O)c1ccc(-c2ccc(NC(=O)N3CCC(=Cc4ccccn4)CC3)cn2)cc1. The molecular weight excluding hydrogens is 404 g/mol. The molecule has 3 aromatic rings. The second-order valence-corrected chi connectivity index (χ2v) is 7.48. The predicted octanol–water partition coefficient (Wildman–Crippen LogP) is 4.64. The lowest BCUT2D eigenvalue weighted by Crippen LogP contribution is -2.39. The molecule has 7 heteroatoms. The van der Waals surface area contributed by atoms with E-state index in [1.54, 1.807) is 24.5 Å². The molecule has 1 aliphatic rings. The number of piperidine rings is 1. The van der Waals surface area contributed by atoms with Gasteiger partial charge in [-0.05, 0) is 55.3 Å². The highest BCUT2D eigenvalue weighted by molar-refractivity contribution is 5.90.